The summed E-state index contributed by atoms with van der Waals surface area (Å²) in [6.07, 6.45) is 0. The van der Waals surface area contributed by atoms with Crippen molar-refractivity contribution in [2.75, 3.05) is 0 Å². The second-order valence-electron chi connectivity index (χ2n) is 3.50. The van der Waals surface area contributed by atoms with Crippen LogP contribution in [0.15, 0.2) is 22.7 Å². The van der Waals surface area contributed by atoms with Crippen molar-refractivity contribution in [1.29, 1.82) is 0 Å². The predicted octanol–water partition coefficient (Wildman–Crippen LogP) is 2.05. The van der Waals surface area contributed by atoms with Gasteiger partial charge in [0.15, 0.2) is 0 Å². The minimum atomic E-state index is -1.19. The lowest BCUT2D eigenvalue weighted by Crippen LogP contribution is -1.98. The molecule has 82 valence electrons. The van der Waals surface area contributed by atoms with E-state index in [9.17, 15) is 4.79 Å². The number of nitrogens with zero attached hydrogens (tertiary/aromatic N) is 2. The van der Waals surface area contributed by atoms with Crippen LogP contribution >= 0.6 is 0 Å². The van der Waals surface area contributed by atoms with Crippen molar-refractivity contribution in [2.24, 2.45) is 0 Å². The van der Waals surface area contributed by atoms with E-state index < -0.39 is 5.97 Å². The monoisotopic (exact) mass is 218 g/mol. The van der Waals surface area contributed by atoms with E-state index in [-0.39, 0.29) is 11.7 Å². The molecule has 0 saturated heterocycles. The molecule has 0 aliphatic heterocycles. The van der Waals surface area contributed by atoms with Gasteiger partial charge >= 0.3 is 5.97 Å². The smallest absolute Gasteiger partial charge is 0.377 e. The second-order valence-corrected chi connectivity index (χ2v) is 3.50. The number of benzene rings is 1. The quantitative estimate of drug-likeness (QED) is 0.834. The molecule has 1 aromatic carbocycles. The number of aryl methyl sites for hydroxylation is 2. The Morgan fingerprint density at radius 1 is 1.31 bits per heavy atom. The highest BCUT2D eigenvalue weighted by Crippen LogP contribution is 2.25. The number of hydrogen-bond donors (Lipinski definition) is 1. The maximum atomic E-state index is 10.6. The zero-order chi connectivity index (χ0) is 11.7. The standard InChI is InChI=1S/C11H10N2O3/c1-6-4-3-5-7(2)8(6)10-12-9(11(14)15)13-16-10/h3-5H,1-2H3,(H,14,15). The molecular weight excluding hydrogens is 208 g/mol. The van der Waals surface area contributed by atoms with E-state index in [0.29, 0.717) is 0 Å². The zero-order valence-electron chi connectivity index (χ0n) is 8.89. The number of rotatable bonds is 2. The Morgan fingerprint density at radius 3 is 2.44 bits per heavy atom. The van der Waals surface area contributed by atoms with Crippen LogP contribution in [0.2, 0.25) is 0 Å². The fourth-order valence-corrected chi connectivity index (χ4v) is 1.56. The van der Waals surface area contributed by atoms with Gasteiger partial charge in [-0.15, -0.1) is 0 Å². The van der Waals surface area contributed by atoms with E-state index in [2.05, 4.69) is 10.1 Å². The molecule has 2 aromatic rings. The maximum Gasteiger partial charge on any atom is 0.377 e. The van der Waals surface area contributed by atoms with Crippen LogP contribution in [0.25, 0.3) is 11.5 Å². The summed E-state index contributed by atoms with van der Waals surface area (Å²) in [6, 6.07) is 5.74. The summed E-state index contributed by atoms with van der Waals surface area (Å²) in [5, 5.41) is 12.1. The molecule has 5 heteroatoms. The van der Waals surface area contributed by atoms with E-state index >= 15 is 0 Å². The molecule has 0 amide bonds. The first-order valence-corrected chi connectivity index (χ1v) is 4.73. The molecule has 0 spiro atoms. The van der Waals surface area contributed by atoms with Gasteiger partial charge in [0, 0.05) is 5.56 Å². The molecule has 0 bridgehead atoms. The van der Waals surface area contributed by atoms with Crippen LogP contribution < -0.4 is 0 Å². The molecule has 1 N–H and O–H groups in total. The summed E-state index contributed by atoms with van der Waals surface area (Å²) in [6.45, 7) is 3.82. The Labute approximate surface area is 91.7 Å². The maximum absolute atomic E-state index is 10.6. The Morgan fingerprint density at radius 2 is 1.94 bits per heavy atom. The van der Waals surface area contributed by atoms with Gasteiger partial charge in [-0.25, -0.2) is 4.79 Å². The highest BCUT2D eigenvalue weighted by molar-refractivity contribution is 5.83. The van der Waals surface area contributed by atoms with Gasteiger partial charge in [0.2, 0.25) is 0 Å². The van der Waals surface area contributed by atoms with Crippen LogP contribution in [0.3, 0.4) is 0 Å². The molecule has 0 radical (unpaired) electrons. The van der Waals surface area contributed by atoms with Crippen molar-refractivity contribution in [3.8, 4) is 11.5 Å². The fraction of sp³-hybridized carbons (Fsp3) is 0.182. The van der Waals surface area contributed by atoms with Crippen LogP contribution in [0.1, 0.15) is 21.7 Å². The summed E-state index contributed by atoms with van der Waals surface area (Å²) < 4.78 is 4.93. The van der Waals surface area contributed by atoms with Gasteiger partial charge in [0.05, 0.1) is 0 Å². The first-order chi connectivity index (χ1) is 7.59. The largest absolute Gasteiger partial charge is 0.475 e. The Hall–Kier alpha value is -2.17. The average Bonchev–Trinajstić information content (AvgIpc) is 2.66. The van der Waals surface area contributed by atoms with Gasteiger partial charge in [0.1, 0.15) is 0 Å². The molecule has 2 rings (SSSR count). The molecule has 0 atom stereocenters. The van der Waals surface area contributed by atoms with Crippen molar-refractivity contribution in [1.82, 2.24) is 10.1 Å². The molecule has 0 fully saturated rings. The Balaban J connectivity index is 2.54. The lowest BCUT2D eigenvalue weighted by atomic mass is 10.0. The Kier molecular flexibility index (Phi) is 2.44. The Bertz CT molecular complexity index is 526. The van der Waals surface area contributed by atoms with E-state index in [1.54, 1.807) is 0 Å². The third kappa shape index (κ3) is 1.67. The predicted molar refractivity (Wildman–Crippen MR) is 56.2 cm³/mol. The molecule has 0 unspecified atom stereocenters. The van der Waals surface area contributed by atoms with Gasteiger partial charge < -0.3 is 9.63 Å². The fourth-order valence-electron chi connectivity index (χ4n) is 1.56. The van der Waals surface area contributed by atoms with Crippen LogP contribution in [0.4, 0.5) is 0 Å². The van der Waals surface area contributed by atoms with Gasteiger partial charge in [-0.2, -0.15) is 4.98 Å². The van der Waals surface area contributed by atoms with Crippen molar-refractivity contribution in [3.63, 3.8) is 0 Å². The number of carboxylic acids is 1. The van der Waals surface area contributed by atoms with Crippen molar-refractivity contribution in [3.05, 3.63) is 35.2 Å². The lowest BCUT2D eigenvalue weighted by molar-refractivity contribution is 0.0680. The topological polar surface area (TPSA) is 76.2 Å². The van der Waals surface area contributed by atoms with Crippen LogP contribution in [-0.2, 0) is 0 Å². The number of carbonyl (C=O) groups is 1. The first-order valence-electron chi connectivity index (χ1n) is 4.73. The molecule has 0 aliphatic carbocycles. The zero-order valence-corrected chi connectivity index (χ0v) is 8.89. The van der Waals surface area contributed by atoms with E-state index in [1.165, 1.54) is 0 Å². The van der Waals surface area contributed by atoms with Crippen molar-refractivity contribution in [2.45, 2.75) is 13.8 Å². The second kappa shape index (κ2) is 3.77. The minimum Gasteiger partial charge on any atom is -0.475 e. The summed E-state index contributed by atoms with van der Waals surface area (Å²) in [5.74, 6) is -1.27. The average molecular weight is 218 g/mol. The van der Waals surface area contributed by atoms with Gasteiger partial charge in [-0.3, -0.25) is 0 Å². The first kappa shape index (κ1) is 10.4. The third-order valence-electron chi connectivity index (χ3n) is 2.31. The van der Waals surface area contributed by atoms with E-state index in [0.717, 1.165) is 16.7 Å². The SMILES string of the molecule is Cc1cccc(C)c1-c1nc(C(=O)O)no1. The van der Waals surface area contributed by atoms with Crippen LogP contribution in [-0.4, -0.2) is 21.2 Å². The molecule has 0 aliphatic rings. The summed E-state index contributed by atoms with van der Waals surface area (Å²) in [7, 11) is 0. The highest BCUT2D eigenvalue weighted by Gasteiger charge is 2.16. The number of carboxylic acid groups (broad SMARTS) is 1. The third-order valence-corrected chi connectivity index (χ3v) is 2.31. The van der Waals surface area contributed by atoms with Gasteiger partial charge in [-0.1, -0.05) is 18.2 Å². The molecule has 1 aromatic heterocycles. The lowest BCUT2D eigenvalue weighted by Gasteiger charge is -2.03. The normalized spacial score (nSPS) is 10.4. The minimum absolute atomic E-state index is 0.244. The van der Waals surface area contributed by atoms with Gasteiger partial charge in [-0.05, 0) is 30.1 Å². The molecule has 16 heavy (non-hydrogen) atoms. The summed E-state index contributed by atoms with van der Waals surface area (Å²) >= 11 is 0. The summed E-state index contributed by atoms with van der Waals surface area (Å²) in [4.78, 5) is 14.5. The summed E-state index contributed by atoms with van der Waals surface area (Å²) in [5.41, 5.74) is 2.74. The van der Waals surface area contributed by atoms with E-state index in [4.69, 9.17) is 9.63 Å². The molecule has 5 nitrogen and oxygen atoms in total. The van der Waals surface area contributed by atoms with Gasteiger partial charge in [0.25, 0.3) is 11.7 Å². The van der Waals surface area contributed by atoms with E-state index in [1.807, 2.05) is 32.0 Å². The van der Waals surface area contributed by atoms with Crippen LogP contribution in [0, 0.1) is 13.8 Å². The van der Waals surface area contributed by atoms with Crippen molar-refractivity contribution < 1.29 is 14.4 Å². The van der Waals surface area contributed by atoms with Crippen molar-refractivity contribution >= 4 is 5.97 Å². The highest BCUT2D eigenvalue weighted by atomic mass is 16.5. The molecule has 1 heterocycles. The molecule has 0 saturated carbocycles. The number of aromatic nitrogens is 2. The molecular formula is C11H10N2O3. The number of aromatic carboxylic acids is 1. The van der Waals surface area contributed by atoms with Crippen LogP contribution in [0.5, 0.6) is 0 Å². The number of hydrogen-bond acceptors (Lipinski definition) is 4.